The van der Waals surface area contributed by atoms with E-state index < -0.39 is 0 Å². The molecule has 1 aliphatic heterocycles. The third-order valence-electron chi connectivity index (χ3n) is 6.63. The third kappa shape index (κ3) is 4.58. The Kier molecular flexibility index (Phi) is 6.72. The Morgan fingerprint density at radius 2 is 1.51 bits per heavy atom. The Morgan fingerprint density at radius 3 is 2.19 bits per heavy atom. The van der Waals surface area contributed by atoms with Crippen LogP contribution in [-0.2, 0) is 13.0 Å². The molecule has 0 radical (unpaired) electrons. The van der Waals surface area contributed by atoms with E-state index in [4.69, 9.17) is 24.0 Å². The van der Waals surface area contributed by atoms with Crippen molar-refractivity contribution in [2.45, 2.75) is 13.0 Å². The summed E-state index contributed by atoms with van der Waals surface area (Å²) in [6.45, 7) is 1.04. The van der Waals surface area contributed by atoms with Gasteiger partial charge < -0.3 is 23.8 Å². The number of para-hydroxylation sites is 1. The molecule has 190 valence electrons. The second-order valence-corrected chi connectivity index (χ2v) is 8.69. The number of hydrogen-bond acceptors (Lipinski definition) is 6. The maximum absolute atomic E-state index is 14.0. The van der Waals surface area contributed by atoms with Gasteiger partial charge in [-0.1, -0.05) is 18.2 Å². The zero-order valence-electron chi connectivity index (χ0n) is 21.4. The molecule has 8 heteroatoms. The molecule has 0 aliphatic carbocycles. The molecule has 0 N–H and O–H groups in total. The first kappa shape index (κ1) is 24.2. The summed E-state index contributed by atoms with van der Waals surface area (Å²) in [5, 5.41) is 4.84. The number of methoxy groups -OCH3 is 4. The summed E-state index contributed by atoms with van der Waals surface area (Å²) in [6, 6.07) is 19.2. The summed E-state index contributed by atoms with van der Waals surface area (Å²) >= 11 is 0. The third-order valence-corrected chi connectivity index (χ3v) is 6.63. The molecular weight excluding hydrogens is 470 g/mol. The van der Waals surface area contributed by atoms with E-state index in [-0.39, 0.29) is 5.91 Å². The van der Waals surface area contributed by atoms with Gasteiger partial charge in [0, 0.05) is 30.9 Å². The Balaban J connectivity index is 1.56. The average molecular weight is 500 g/mol. The highest BCUT2D eigenvalue weighted by atomic mass is 16.5. The fourth-order valence-corrected chi connectivity index (χ4v) is 4.66. The minimum atomic E-state index is -0.101. The first-order valence-corrected chi connectivity index (χ1v) is 12.0. The van der Waals surface area contributed by atoms with Gasteiger partial charge in [-0.25, -0.2) is 4.68 Å². The topological polar surface area (TPSA) is 75.1 Å². The van der Waals surface area contributed by atoms with E-state index >= 15 is 0 Å². The number of aromatic nitrogens is 2. The second kappa shape index (κ2) is 10.3. The minimum absolute atomic E-state index is 0.101. The van der Waals surface area contributed by atoms with E-state index in [1.165, 1.54) is 0 Å². The van der Waals surface area contributed by atoms with Crippen LogP contribution in [0, 0.1) is 0 Å². The number of hydrogen-bond donors (Lipinski definition) is 0. The molecule has 0 atom stereocenters. The lowest BCUT2D eigenvalue weighted by Gasteiger charge is -2.29. The molecule has 8 nitrogen and oxygen atoms in total. The number of carbonyl (C=O) groups is 1. The Labute approximate surface area is 215 Å². The van der Waals surface area contributed by atoms with Crippen LogP contribution in [0.1, 0.15) is 21.5 Å². The van der Waals surface area contributed by atoms with E-state index in [9.17, 15) is 4.79 Å². The molecule has 0 saturated heterocycles. The van der Waals surface area contributed by atoms with Crippen molar-refractivity contribution in [1.29, 1.82) is 0 Å². The summed E-state index contributed by atoms with van der Waals surface area (Å²) in [6.07, 6.45) is 2.51. The van der Waals surface area contributed by atoms with Crippen LogP contribution in [0.4, 0.5) is 0 Å². The molecule has 5 rings (SSSR count). The zero-order valence-corrected chi connectivity index (χ0v) is 21.4. The van der Waals surface area contributed by atoms with Crippen LogP contribution in [0.15, 0.2) is 66.9 Å². The van der Waals surface area contributed by atoms with Gasteiger partial charge in [-0.3, -0.25) is 4.79 Å². The Morgan fingerprint density at radius 1 is 0.811 bits per heavy atom. The van der Waals surface area contributed by atoms with Crippen LogP contribution in [0.2, 0.25) is 0 Å². The number of benzene rings is 3. The SMILES string of the molecule is COc1ccc(-c2nn(-c3ccccc3)cc2C(=O)N2CCc3cc(OC)c(OC)cc3C2)c(OC)c1. The second-order valence-electron chi connectivity index (χ2n) is 8.69. The van der Waals surface area contributed by atoms with Crippen molar-refractivity contribution >= 4 is 5.91 Å². The van der Waals surface area contributed by atoms with Crippen LogP contribution in [-0.4, -0.2) is 55.6 Å². The Bertz CT molecular complexity index is 1430. The maximum atomic E-state index is 14.0. The fourth-order valence-electron chi connectivity index (χ4n) is 4.66. The number of fused-ring (bicyclic) bond motifs is 1. The number of carbonyl (C=O) groups excluding carboxylic acids is 1. The molecule has 37 heavy (non-hydrogen) atoms. The zero-order chi connectivity index (χ0) is 25.9. The first-order valence-electron chi connectivity index (χ1n) is 12.0. The van der Waals surface area contributed by atoms with Crippen molar-refractivity contribution in [3.63, 3.8) is 0 Å². The van der Waals surface area contributed by atoms with Crippen LogP contribution in [0.3, 0.4) is 0 Å². The lowest BCUT2D eigenvalue weighted by Crippen LogP contribution is -2.36. The van der Waals surface area contributed by atoms with Gasteiger partial charge in [0.15, 0.2) is 11.5 Å². The van der Waals surface area contributed by atoms with E-state index in [2.05, 4.69) is 0 Å². The van der Waals surface area contributed by atoms with E-state index in [0.29, 0.717) is 52.9 Å². The van der Waals surface area contributed by atoms with Gasteiger partial charge in [-0.2, -0.15) is 5.10 Å². The number of rotatable bonds is 7. The van der Waals surface area contributed by atoms with E-state index in [0.717, 1.165) is 23.2 Å². The van der Waals surface area contributed by atoms with Crippen molar-refractivity contribution < 1.29 is 23.7 Å². The van der Waals surface area contributed by atoms with Gasteiger partial charge in [0.05, 0.1) is 39.7 Å². The molecule has 2 heterocycles. The highest BCUT2D eigenvalue weighted by Crippen LogP contribution is 2.37. The molecule has 1 amide bonds. The van der Waals surface area contributed by atoms with Gasteiger partial charge >= 0.3 is 0 Å². The lowest BCUT2D eigenvalue weighted by atomic mass is 9.97. The Hall–Kier alpha value is -4.46. The first-order chi connectivity index (χ1) is 18.1. The summed E-state index contributed by atoms with van der Waals surface area (Å²) in [4.78, 5) is 15.8. The monoisotopic (exact) mass is 499 g/mol. The molecule has 4 aromatic rings. The minimum Gasteiger partial charge on any atom is -0.497 e. The largest absolute Gasteiger partial charge is 0.497 e. The fraction of sp³-hybridized carbons (Fsp3) is 0.241. The van der Waals surface area contributed by atoms with Crippen molar-refractivity contribution in [1.82, 2.24) is 14.7 Å². The van der Waals surface area contributed by atoms with Gasteiger partial charge in [-0.05, 0) is 53.9 Å². The smallest absolute Gasteiger partial charge is 0.258 e. The summed E-state index contributed by atoms with van der Waals surface area (Å²) < 4.78 is 23.7. The van der Waals surface area contributed by atoms with Crippen molar-refractivity contribution in [3.8, 4) is 39.9 Å². The normalized spacial score (nSPS) is 12.6. The molecule has 0 spiro atoms. The van der Waals surface area contributed by atoms with Crippen molar-refractivity contribution in [2.24, 2.45) is 0 Å². The number of amides is 1. The van der Waals surface area contributed by atoms with Gasteiger partial charge in [0.25, 0.3) is 5.91 Å². The molecular formula is C29H29N3O5. The van der Waals surface area contributed by atoms with Gasteiger partial charge in [-0.15, -0.1) is 0 Å². The van der Waals surface area contributed by atoms with E-state index in [1.807, 2.05) is 59.5 Å². The summed E-state index contributed by atoms with van der Waals surface area (Å²) in [5.41, 5.74) is 4.80. The highest BCUT2D eigenvalue weighted by Gasteiger charge is 2.28. The predicted molar refractivity (Wildman–Crippen MR) is 140 cm³/mol. The number of nitrogens with zero attached hydrogens (tertiary/aromatic N) is 3. The van der Waals surface area contributed by atoms with Crippen LogP contribution in [0.25, 0.3) is 16.9 Å². The van der Waals surface area contributed by atoms with Crippen LogP contribution in [0.5, 0.6) is 23.0 Å². The van der Waals surface area contributed by atoms with Crippen molar-refractivity contribution in [2.75, 3.05) is 35.0 Å². The molecule has 0 bridgehead atoms. The molecule has 0 fully saturated rings. The standard InChI is InChI=1S/C29H29N3O5/c1-34-22-10-11-23(25(16-22)35-2)28-24(18-32(30-28)21-8-6-5-7-9-21)29(33)31-13-12-19-14-26(36-3)27(37-4)15-20(19)17-31/h5-11,14-16,18H,12-13,17H2,1-4H3. The highest BCUT2D eigenvalue weighted by molar-refractivity contribution is 6.00. The molecule has 0 saturated carbocycles. The van der Waals surface area contributed by atoms with Crippen LogP contribution >= 0.6 is 0 Å². The maximum Gasteiger partial charge on any atom is 0.258 e. The number of ether oxygens (including phenoxy) is 4. The molecule has 0 unspecified atom stereocenters. The molecule has 1 aromatic heterocycles. The molecule has 1 aliphatic rings. The quantitative estimate of drug-likeness (QED) is 0.365. The lowest BCUT2D eigenvalue weighted by molar-refractivity contribution is 0.0735. The summed E-state index contributed by atoms with van der Waals surface area (Å²) in [7, 11) is 6.44. The average Bonchev–Trinajstić information content (AvgIpc) is 3.41. The van der Waals surface area contributed by atoms with Gasteiger partial charge in [0.2, 0.25) is 0 Å². The van der Waals surface area contributed by atoms with Gasteiger partial charge in [0.1, 0.15) is 17.2 Å². The summed E-state index contributed by atoms with van der Waals surface area (Å²) in [5.74, 6) is 2.48. The van der Waals surface area contributed by atoms with Crippen molar-refractivity contribution in [3.05, 3.63) is 83.6 Å². The van der Waals surface area contributed by atoms with Crippen LogP contribution < -0.4 is 18.9 Å². The molecule has 3 aromatic carbocycles. The van der Waals surface area contributed by atoms with E-state index in [1.54, 1.807) is 45.4 Å². The predicted octanol–water partition coefficient (Wildman–Crippen LogP) is 4.77.